The first-order valence-corrected chi connectivity index (χ1v) is 6.22. The van der Waals surface area contributed by atoms with Crippen molar-refractivity contribution in [3.05, 3.63) is 0 Å². The third-order valence-electron chi connectivity index (χ3n) is 2.68. The van der Waals surface area contributed by atoms with E-state index in [9.17, 15) is 9.59 Å². The number of hydrogen-bond donors (Lipinski definition) is 2. The van der Waals surface area contributed by atoms with Crippen molar-refractivity contribution < 1.29 is 14.3 Å². The lowest BCUT2D eigenvalue weighted by Gasteiger charge is -2.26. The number of rotatable bonds is 6. The van der Waals surface area contributed by atoms with E-state index in [0.717, 1.165) is 0 Å². The molecule has 18 heavy (non-hydrogen) atoms. The molecule has 0 rings (SSSR count). The van der Waals surface area contributed by atoms with Gasteiger partial charge in [0.2, 0.25) is 5.91 Å². The van der Waals surface area contributed by atoms with Crippen molar-refractivity contribution in [2.24, 2.45) is 17.1 Å². The third kappa shape index (κ3) is 4.60. The Balaban J connectivity index is 4.83. The Morgan fingerprint density at radius 3 is 2.22 bits per heavy atom. The van der Waals surface area contributed by atoms with Crippen LogP contribution in [0.4, 0.5) is 0 Å². The Kier molecular flexibility index (Phi) is 6.25. The molecule has 0 spiro atoms. The molecule has 0 saturated heterocycles. The summed E-state index contributed by atoms with van der Waals surface area (Å²) in [5.41, 5.74) is 4.52. The van der Waals surface area contributed by atoms with Crippen LogP contribution in [0.2, 0.25) is 0 Å². The van der Waals surface area contributed by atoms with Gasteiger partial charge in [0.15, 0.2) is 0 Å². The highest BCUT2D eigenvalue weighted by Crippen LogP contribution is 2.17. The van der Waals surface area contributed by atoms with Crippen LogP contribution in [0.25, 0.3) is 0 Å². The number of nitrogens with two attached hydrogens (primary N) is 1. The van der Waals surface area contributed by atoms with Crippen LogP contribution < -0.4 is 11.1 Å². The van der Waals surface area contributed by atoms with E-state index in [-0.39, 0.29) is 16.8 Å². The maximum absolute atomic E-state index is 12.0. The van der Waals surface area contributed by atoms with Gasteiger partial charge in [0.1, 0.15) is 6.04 Å². The summed E-state index contributed by atoms with van der Waals surface area (Å²) in [5.74, 6) is -0.579. The van der Waals surface area contributed by atoms with Gasteiger partial charge in [-0.25, -0.2) is 4.79 Å². The second kappa shape index (κ2) is 6.68. The predicted octanol–water partition coefficient (Wildman–Crippen LogP) is 1.00. The fourth-order valence-corrected chi connectivity index (χ4v) is 1.37. The number of carbonyl (C=O) groups excluding carboxylic acids is 2. The number of esters is 1. The highest BCUT2D eigenvalue weighted by atomic mass is 32.1. The van der Waals surface area contributed by atoms with Crippen molar-refractivity contribution in [2.45, 2.75) is 40.2 Å². The molecule has 6 heteroatoms. The topological polar surface area (TPSA) is 81.4 Å². The van der Waals surface area contributed by atoms with Gasteiger partial charge in [0.25, 0.3) is 0 Å². The average molecular weight is 274 g/mol. The molecule has 0 bridgehead atoms. The van der Waals surface area contributed by atoms with Crippen LogP contribution in [0.3, 0.4) is 0 Å². The number of amides is 1. The number of thiocarbonyl (C=S) groups is 1. The van der Waals surface area contributed by atoms with Gasteiger partial charge in [0, 0.05) is 0 Å². The van der Waals surface area contributed by atoms with Crippen molar-refractivity contribution in [3.8, 4) is 0 Å². The second-order valence-electron chi connectivity index (χ2n) is 5.17. The molecule has 0 aromatic carbocycles. The first-order chi connectivity index (χ1) is 8.12. The zero-order valence-electron chi connectivity index (χ0n) is 11.6. The van der Waals surface area contributed by atoms with Crippen molar-refractivity contribution in [2.75, 3.05) is 7.11 Å². The van der Waals surface area contributed by atoms with Crippen molar-refractivity contribution in [3.63, 3.8) is 0 Å². The van der Waals surface area contributed by atoms with Gasteiger partial charge in [-0.15, -0.1) is 0 Å². The fraction of sp³-hybridized carbons (Fsp3) is 0.750. The molecule has 1 atom stereocenters. The van der Waals surface area contributed by atoms with Crippen LogP contribution in [-0.4, -0.2) is 30.0 Å². The molecule has 0 radical (unpaired) electrons. The molecule has 1 unspecified atom stereocenters. The Labute approximate surface area is 113 Å². The van der Waals surface area contributed by atoms with Crippen LogP contribution in [0.5, 0.6) is 0 Å². The Hall–Kier alpha value is -1.17. The van der Waals surface area contributed by atoms with Gasteiger partial charge in [-0.3, -0.25) is 4.79 Å². The van der Waals surface area contributed by atoms with E-state index in [2.05, 4.69) is 10.1 Å². The number of ether oxygens (including phenoxy) is 1. The SMILES string of the molecule is COC(=O)C(CC(C)C)NC(=O)C(C)(C)C(N)=S. The summed E-state index contributed by atoms with van der Waals surface area (Å²) in [7, 11) is 1.29. The Bertz CT molecular complexity index is 340. The van der Waals surface area contributed by atoms with Crippen LogP contribution in [0.1, 0.15) is 34.1 Å². The van der Waals surface area contributed by atoms with Crippen LogP contribution >= 0.6 is 12.2 Å². The minimum absolute atomic E-state index is 0.0909. The Morgan fingerprint density at radius 2 is 1.89 bits per heavy atom. The molecular formula is C12H22N2O3S. The van der Waals surface area contributed by atoms with Crippen LogP contribution in [-0.2, 0) is 14.3 Å². The molecule has 3 N–H and O–H groups in total. The molecule has 0 aromatic heterocycles. The summed E-state index contributed by atoms with van der Waals surface area (Å²) >= 11 is 4.84. The second-order valence-corrected chi connectivity index (χ2v) is 5.61. The van der Waals surface area contributed by atoms with Crippen molar-refractivity contribution in [1.82, 2.24) is 5.32 Å². The van der Waals surface area contributed by atoms with E-state index in [4.69, 9.17) is 18.0 Å². The summed E-state index contributed by atoms with van der Waals surface area (Å²) in [6.45, 7) is 7.16. The zero-order valence-corrected chi connectivity index (χ0v) is 12.4. The van der Waals surface area contributed by atoms with Gasteiger partial charge < -0.3 is 15.8 Å². The predicted molar refractivity (Wildman–Crippen MR) is 74.0 cm³/mol. The van der Waals surface area contributed by atoms with Crippen LogP contribution in [0, 0.1) is 11.3 Å². The van der Waals surface area contributed by atoms with E-state index in [1.807, 2.05) is 13.8 Å². The molecule has 0 heterocycles. The molecule has 5 nitrogen and oxygen atoms in total. The normalized spacial score (nSPS) is 13.0. The van der Waals surface area contributed by atoms with E-state index in [0.29, 0.717) is 6.42 Å². The van der Waals surface area contributed by atoms with Gasteiger partial charge >= 0.3 is 5.97 Å². The summed E-state index contributed by atoms with van der Waals surface area (Å²) in [4.78, 5) is 23.7. The molecule has 0 aliphatic carbocycles. The van der Waals surface area contributed by atoms with Gasteiger partial charge in [-0.05, 0) is 26.2 Å². The average Bonchev–Trinajstić information content (AvgIpc) is 2.25. The number of nitrogens with one attached hydrogen (secondary N) is 1. The molecule has 0 aliphatic heterocycles. The number of hydrogen-bond acceptors (Lipinski definition) is 4. The molecule has 0 aromatic rings. The molecule has 0 aliphatic rings. The zero-order chi connectivity index (χ0) is 14.5. The monoisotopic (exact) mass is 274 g/mol. The summed E-state index contributed by atoms with van der Waals surface area (Å²) in [6.07, 6.45) is 0.506. The lowest BCUT2D eigenvalue weighted by molar-refractivity contribution is -0.146. The molecule has 0 saturated carbocycles. The van der Waals surface area contributed by atoms with E-state index >= 15 is 0 Å². The van der Waals surface area contributed by atoms with Gasteiger partial charge in [-0.1, -0.05) is 26.1 Å². The number of methoxy groups -OCH3 is 1. The molecule has 104 valence electrons. The molecular weight excluding hydrogens is 252 g/mol. The molecule has 1 amide bonds. The maximum Gasteiger partial charge on any atom is 0.328 e. The smallest absolute Gasteiger partial charge is 0.328 e. The van der Waals surface area contributed by atoms with E-state index in [1.165, 1.54) is 7.11 Å². The number of carbonyl (C=O) groups is 2. The fourth-order valence-electron chi connectivity index (χ4n) is 1.28. The lowest BCUT2D eigenvalue weighted by Crippen LogP contribution is -2.51. The van der Waals surface area contributed by atoms with E-state index < -0.39 is 17.4 Å². The quantitative estimate of drug-likeness (QED) is 0.558. The third-order valence-corrected chi connectivity index (χ3v) is 3.19. The largest absolute Gasteiger partial charge is 0.467 e. The minimum atomic E-state index is -0.988. The summed E-state index contributed by atoms with van der Waals surface area (Å²) in [6, 6.07) is -0.670. The first kappa shape index (κ1) is 16.8. The summed E-state index contributed by atoms with van der Waals surface area (Å²) in [5, 5.41) is 2.64. The minimum Gasteiger partial charge on any atom is -0.467 e. The standard InChI is InChI=1S/C12H22N2O3S/c1-7(2)6-8(9(15)17-5)14-11(16)12(3,4)10(13)18/h7-8H,6H2,1-5H3,(H2,13,18)(H,14,16). The van der Waals surface area contributed by atoms with E-state index in [1.54, 1.807) is 13.8 Å². The van der Waals surface area contributed by atoms with Gasteiger partial charge in [-0.2, -0.15) is 0 Å². The lowest BCUT2D eigenvalue weighted by atomic mass is 9.91. The Morgan fingerprint density at radius 1 is 1.39 bits per heavy atom. The van der Waals surface area contributed by atoms with Crippen molar-refractivity contribution >= 4 is 29.1 Å². The molecule has 0 fully saturated rings. The highest BCUT2D eigenvalue weighted by molar-refractivity contribution is 7.80. The van der Waals surface area contributed by atoms with Crippen LogP contribution in [0.15, 0.2) is 0 Å². The highest BCUT2D eigenvalue weighted by Gasteiger charge is 2.34. The first-order valence-electron chi connectivity index (χ1n) is 5.81. The van der Waals surface area contributed by atoms with Crippen molar-refractivity contribution in [1.29, 1.82) is 0 Å². The van der Waals surface area contributed by atoms with Gasteiger partial charge in [0.05, 0.1) is 17.5 Å². The summed E-state index contributed by atoms with van der Waals surface area (Å²) < 4.78 is 4.67. The maximum atomic E-state index is 12.0.